The Morgan fingerprint density at radius 3 is 2.60 bits per heavy atom. The van der Waals surface area contributed by atoms with Gasteiger partial charge in [0.15, 0.2) is 0 Å². The zero-order chi connectivity index (χ0) is 13.6. The summed E-state index contributed by atoms with van der Waals surface area (Å²) in [6, 6.07) is 1.78. The average molecular weight is 279 g/mol. The van der Waals surface area contributed by atoms with E-state index >= 15 is 0 Å². The third kappa shape index (κ3) is 4.71. The van der Waals surface area contributed by atoms with E-state index in [2.05, 4.69) is 15.1 Å². The Morgan fingerprint density at radius 1 is 0.850 bits per heavy atom. The van der Waals surface area contributed by atoms with Crippen molar-refractivity contribution >= 4 is 0 Å². The summed E-state index contributed by atoms with van der Waals surface area (Å²) in [5.41, 5.74) is 0. The molecule has 2 heterocycles. The summed E-state index contributed by atoms with van der Waals surface area (Å²) in [7, 11) is 0. The number of nitrogens with one attached hydrogen (secondary N) is 1. The highest BCUT2D eigenvalue weighted by Crippen LogP contribution is 2.21. The van der Waals surface area contributed by atoms with E-state index in [4.69, 9.17) is 0 Å². The van der Waals surface area contributed by atoms with Crippen molar-refractivity contribution in [1.82, 2.24) is 15.1 Å². The summed E-state index contributed by atoms with van der Waals surface area (Å²) in [5.74, 6) is 0. The molecule has 116 valence electrons. The van der Waals surface area contributed by atoms with Crippen LogP contribution >= 0.6 is 0 Å². The fourth-order valence-electron chi connectivity index (χ4n) is 3.89. The molecule has 0 aromatic rings. The fraction of sp³-hybridized carbons (Fsp3) is 1.00. The summed E-state index contributed by atoms with van der Waals surface area (Å²) in [5, 5.41) is 3.61. The lowest BCUT2D eigenvalue weighted by atomic mass is 10.1. The van der Waals surface area contributed by atoms with Crippen molar-refractivity contribution in [2.45, 2.75) is 69.9 Å². The molecule has 1 atom stereocenters. The molecule has 3 fully saturated rings. The molecule has 1 unspecified atom stereocenters. The maximum atomic E-state index is 3.61. The Balaban J connectivity index is 1.22. The first-order valence-electron chi connectivity index (χ1n) is 9.11. The van der Waals surface area contributed by atoms with Gasteiger partial charge in [0, 0.05) is 18.6 Å². The van der Waals surface area contributed by atoms with Crippen LogP contribution in [0.3, 0.4) is 0 Å². The van der Waals surface area contributed by atoms with Crippen LogP contribution in [0.15, 0.2) is 0 Å². The van der Waals surface area contributed by atoms with Gasteiger partial charge in [-0.1, -0.05) is 12.8 Å². The van der Waals surface area contributed by atoms with Crippen molar-refractivity contribution in [3.05, 3.63) is 0 Å². The molecular weight excluding hydrogens is 246 g/mol. The van der Waals surface area contributed by atoms with Gasteiger partial charge in [-0.3, -0.25) is 4.90 Å². The molecule has 3 nitrogen and oxygen atoms in total. The van der Waals surface area contributed by atoms with Gasteiger partial charge in [0.25, 0.3) is 0 Å². The SMILES string of the molecule is C(CCCN1CCCN2CCCC2C1)CCNC1CC1. The van der Waals surface area contributed by atoms with Crippen molar-refractivity contribution in [2.24, 2.45) is 0 Å². The van der Waals surface area contributed by atoms with Crippen molar-refractivity contribution in [3.8, 4) is 0 Å². The molecule has 0 amide bonds. The van der Waals surface area contributed by atoms with Crippen LogP contribution in [0.2, 0.25) is 0 Å². The Kier molecular flexibility index (Phi) is 5.75. The molecular formula is C17H33N3. The molecule has 2 aliphatic heterocycles. The monoisotopic (exact) mass is 279 g/mol. The first kappa shape index (κ1) is 14.8. The third-order valence-electron chi connectivity index (χ3n) is 5.30. The minimum absolute atomic E-state index is 0.889. The number of hydrogen-bond donors (Lipinski definition) is 1. The number of hydrogen-bond acceptors (Lipinski definition) is 3. The van der Waals surface area contributed by atoms with Crippen LogP contribution in [0.25, 0.3) is 0 Å². The highest BCUT2D eigenvalue weighted by Gasteiger charge is 2.28. The third-order valence-corrected chi connectivity index (χ3v) is 5.30. The topological polar surface area (TPSA) is 18.5 Å². The number of unbranched alkanes of at least 4 members (excludes halogenated alkanes) is 3. The first-order chi connectivity index (χ1) is 9.92. The van der Waals surface area contributed by atoms with E-state index in [9.17, 15) is 0 Å². The molecule has 1 N–H and O–H groups in total. The molecule has 1 aliphatic carbocycles. The fourth-order valence-corrected chi connectivity index (χ4v) is 3.89. The van der Waals surface area contributed by atoms with Crippen molar-refractivity contribution in [2.75, 3.05) is 39.3 Å². The quantitative estimate of drug-likeness (QED) is 0.689. The average Bonchev–Trinajstić information content (AvgIpc) is 3.21. The van der Waals surface area contributed by atoms with Crippen LogP contribution < -0.4 is 5.32 Å². The summed E-state index contributed by atoms with van der Waals surface area (Å²) >= 11 is 0. The van der Waals surface area contributed by atoms with E-state index in [-0.39, 0.29) is 0 Å². The van der Waals surface area contributed by atoms with Gasteiger partial charge in [0.1, 0.15) is 0 Å². The Labute approximate surface area is 125 Å². The Hall–Kier alpha value is -0.120. The van der Waals surface area contributed by atoms with Crippen molar-refractivity contribution < 1.29 is 0 Å². The summed E-state index contributed by atoms with van der Waals surface area (Å²) in [4.78, 5) is 5.49. The predicted octanol–water partition coefficient (Wildman–Crippen LogP) is 2.47. The van der Waals surface area contributed by atoms with Crippen LogP contribution in [0.1, 0.15) is 57.8 Å². The van der Waals surface area contributed by atoms with Crippen LogP contribution in [-0.4, -0.2) is 61.2 Å². The zero-order valence-corrected chi connectivity index (χ0v) is 13.2. The lowest BCUT2D eigenvalue weighted by Gasteiger charge is -2.25. The van der Waals surface area contributed by atoms with E-state index in [0.717, 1.165) is 12.1 Å². The molecule has 3 heteroatoms. The number of rotatable bonds is 8. The predicted molar refractivity (Wildman–Crippen MR) is 85.1 cm³/mol. The molecule has 1 saturated carbocycles. The minimum atomic E-state index is 0.889. The zero-order valence-electron chi connectivity index (χ0n) is 13.2. The minimum Gasteiger partial charge on any atom is -0.314 e. The highest BCUT2D eigenvalue weighted by atomic mass is 15.3. The summed E-state index contributed by atoms with van der Waals surface area (Å²) in [6.07, 6.45) is 12.8. The smallest absolute Gasteiger partial charge is 0.0223 e. The molecule has 3 aliphatic rings. The molecule has 20 heavy (non-hydrogen) atoms. The second-order valence-corrected chi connectivity index (χ2v) is 7.13. The van der Waals surface area contributed by atoms with Crippen molar-refractivity contribution in [1.29, 1.82) is 0 Å². The van der Waals surface area contributed by atoms with Gasteiger partial charge in [-0.2, -0.15) is 0 Å². The molecule has 0 bridgehead atoms. The second-order valence-electron chi connectivity index (χ2n) is 7.13. The lowest BCUT2D eigenvalue weighted by Crippen LogP contribution is -2.37. The number of fused-ring (bicyclic) bond motifs is 1. The highest BCUT2D eigenvalue weighted by molar-refractivity contribution is 4.84. The first-order valence-corrected chi connectivity index (χ1v) is 9.11. The van der Waals surface area contributed by atoms with Gasteiger partial charge >= 0.3 is 0 Å². The Morgan fingerprint density at radius 2 is 1.70 bits per heavy atom. The molecule has 0 aromatic heterocycles. The van der Waals surface area contributed by atoms with E-state index in [1.165, 1.54) is 97.1 Å². The molecule has 3 rings (SSSR count). The van der Waals surface area contributed by atoms with E-state index in [0.29, 0.717) is 0 Å². The summed E-state index contributed by atoms with van der Waals surface area (Å²) in [6.45, 7) is 8.02. The molecule has 0 radical (unpaired) electrons. The molecule has 0 spiro atoms. The maximum absolute atomic E-state index is 3.61. The largest absolute Gasteiger partial charge is 0.314 e. The second kappa shape index (κ2) is 7.77. The van der Waals surface area contributed by atoms with Gasteiger partial charge in [0.05, 0.1) is 0 Å². The molecule has 2 saturated heterocycles. The van der Waals surface area contributed by atoms with Crippen molar-refractivity contribution in [3.63, 3.8) is 0 Å². The normalized spacial score (nSPS) is 28.5. The molecule has 0 aromatic carbocycles. The van der Waals surface area contributed by atoms with Crippen LogP contribution in [-0.2, 0) is 0 Å². The van der Waals surface area contributed by atoms with Crippen LogP contribution in [0.4, 0.5) is 0 Å². The van der Waals surface area contributed by atoms with Gasteiger partial charge in [-0.25, -0.2) is 0 Å². The van der Waals surface area contributed by atoms with Gasteiger partial charge in [-0.15, -0.1) is 0 Å². The van der Waals surface area contributed by atoms with E-state index < -0.39 is 0 Å². The van der Waals surface area contributed by atoms with Gasteiger partial charge in [-0.05, 0) is 77.7 Å². The number of nitrogens with zero attached hydrogens (tertiary/aromatic N) is 2. The van der Waals surface area contributed by atoms with Gasteiger partial charge < -0.3 is 10.2 Å². The van der Waals surface area contributed by atoms with E-state index in [1.807, 2.05) is 0 Å². The Bertz CT molecular complexity index is 277. The van der Waals surface area contributed by atoms with Gasteiger partial charge in [0.2, 0.25) is 0 Å². The maximum Gasteiger partial charge on any atom is 0.0223 e. The lowest BCUT2D eigenvalue weighted by molar-refractivity contribution is 0.217. The van der Waals surface area contributed by atoms with E-state index in [1.54, 1.807) is 0 Å². The van der Waals surface area contributed by atoms with Crippen LogP contribution in [0, 0.1) is 0 Å². The van der Waals surface area contributed by atoms with Crippen LogP contribution in [0.5, 0.6) is 0 Å². The standard InChI is InChI=1S/C17H33N3/c1(3-10-18-16-8-9-16)2-4-11-19-12-6-14-20-13-5-7-17(20)15-19/h16-18H,1-15H2. The summed E-state index contributed by atoms with van der Waals surface area (Å²) < 4.78 is 0.